The molecule has 32 heavy (non-hydrogen) atoms. The molecule has 0 saturated heterocycles. The van der Waals surface area contributed by atoms with E-state index in [9.17, 15) is 18.8 Å². The van der Waals surface area contributed by atoms with Gasteiger partial charge in [0, 0.05) is 11.4 Å². The molecule has 0 radical (unpaired) electrons. The maximum absolute atomic E-state index is 14.4. The summed E-state index contributed by atoms with van der Waals surface area (Å²) in [5.41, 5.74) is 0.847. The molecular weight excluding hydrogens is 429 g/mol. The first kappa shape index (κ1) is 23.7. The normalized spacial score (nSPS) is 14.2. The van der Waals surface area contributed by atoms with Gasteiger partial charge in [-0.2, -0.15) is 0 Å². The van der Waals surface area contributed by atoms with Gasteiger partial charge in [-0.05, 0) is 64.4 Å². The van der Waals surface area contributed by atoms with Crippen molar-refractivity contribution in [2.75, 3.05) is 6.54 Å². The van der Waals surface area contributed by atoms with Crippen molar-refractivity contribution < 1.29 is 23.5 Å². The van der Waals surface area contributed by atoms with E-state index in [0.29, 0.717) is 21.6 Å². The number of nitrogens with zero attached hydrogens (tertiary/aromatic N) is 1. The van der Waals surface area contributed by atoms with E-state index in [4.69, 9.17) is 4.74 Å². The van der Waals surface area contributed by atoms with Gasteiger partial charge in [-0.15, -0.1) is 11.8 Å². The maximum Gasteiger partial charge on any atom is 0.322 e. The number of thioether (sulfide) groups is 1. The van der Waals surface area contributed by atoms with E-state index < -0.39 is 22.1 Å². The molecule has 0 saturated carbocycles. The molecule has 0 atom stereocenters. The Morgan fingerprint density at radius 1 is 1.03 bits per heavy atom. The molecule has 0 bridgehead atoms. The first-order chi connectivity index (χ1) is 14.9. The van der Waals surface area contributed by atoms with Gasteiger partial charge in [-0.25, -0.2) is 4.39 Å². The average molecular weight is 456 g/mol. The fourth-order valence-electron chi connectivity index (χ4n) is 3.12. The van der Waals surface area contributed by atoms with E-state index in [1.807, 2.05) is 0 Å². The molecular formula is C25H26FNO4S. The van der Waals surface area contributed by atoms with Gasteiger partial charge in [-0.3, -0.25) is 19.3 Å². The third-order valence-corrected chi connectivity index (χ3v) is 5.90. The minimum atomic E-state index is -0.989. The number of benzene rings is 2. The summed E-state index contributed by atoms with van der Waals surface area (Å²) in [6, 6.07) is 11.3. The zero-order valence-corrected chi connectivity index (χ0v) is 19.6. The van der Waals surface area contributed by atoms with Crippen LogP contribution < -0.4 is 0 Å². The summed E-state index contributed by atoms with van der Waals surface area (Å²) in [4.78, 5) is 38.9. The largest absolute Gasteiger partial charge is 0.459 e. The van der Waals surface area contributed by atoms with Gasteiger partial charge in [0.1, 0.15) is 16.2 Å². The Morgan fingerprint density at radius 2 is 1.62 bits per heavy atom. The molecule has 0 fully saturated rings. The average Bonchev–Trinajstić information content (AvgIpc) is 2.94. The predicted molar refractivity (Wildman–Crippen MR) is 123 cm³/mol. The standard InChI is InChI=1S/C25H26FNO4S/c1-24(2,3)31-23(30)25(4,5)32-20-15-16(12-13-19(20)26)9-8-14-27-21(28)17-10-6-7-11-18(17)22(27)29/h6-13,15H,14H2,1-5H3/b9-8+. The van der Waals surface area contributed by atoms with E-state index >= 15 is 0 Å². The molecule has 0 N–H and O–H groups in total. The van der Waals surface area contributed by atoms with Crippen molar-refractivity contribution in [2.24, 2.45) is 0 Å². The summed E-state index contributed by atoms with van der Waals surface area (Å²) in [6.07, 6.45) is 3.40. The minimum absolute atomic E-state index is 0.107. The number of esters is 1. The second-order valence-electron chi connectivity index (χ2n) is 8.97. The zero-order valence-electron chi connectivity index (χ0n) is 18.8. The Balaban J connectivity index is 1.71. The number of imide groups is 1. The fourth-order valence-corrected chi connectivity index (χ4v) is 4.15. The lowest BCUT2D eigenvalue weighted by molar-refractivity contribution is -0.156. The van der Waals surface area contributed by atoms with Crippen LogP contribution in [-0.2, 0) is 9.53 Å². The maximum atomic E-state index is 14.4. The Labute approximate surface area is 191 Å². The van der Waals surface area contributed by atoms with Crippen molar-refractivity contribution in [3.05, 3.63) is 71.0 Å². The van der Waals surface area contributed by atoms with Crippen LogP contribution in [0, 0.1) is 5.82 Å². The van der Waals surface area contributed by atoms with Gasteiger partial charge in [-0.1, -0.05) is 30.4 Å². The zero-order chi connectivity index (χ0) is 23.7. The van der Waals surface area contributed by atoms with Gasteiger partial charge < -0.3 is 4.74 Å². The minimum Gasteiger partial charge on any atom is -0.459 e. The number of hydrogen-bond acceptors (Lipinski definition) is 5. The van der Waals surface area contributed by atoms with Gasteiger partial charge in [0.25, 0.3) is 11.8 Å². The van der Waals surface area contributed by atoms with Gasteiger partial charge in [0.05, 0.1) is 11.1 Å². The number of ether oxygens (including phenoxy) is 1. The summed E-state index contributed by atoms with van der Waals surface area (Å²) in [5, 5.41) is 0. The highest BCUT2D eigenvalue weighted by Gasteiger charge is 2.35. The molecule has 2 aromatic rings. The monoisotopic (exact) mass is 455 g/mol. The molecule has 1 heterocycles. The Bertz CT molecular complexity index is 1070. The SMILES string of the molecule is CC(C)(C)OC(=O)C(C)(C)Sc1cc(/C=C/CN2C(=O)c3ccccc3C2=O)ccc1F. The number of rotatable bonds is 6. The highest BCUT2D eigenvalue weighted by Crippen LogP contribution is 2.36. The molecule has 2 amide bonds. The van der Waals surface area contributed by atoms with Crippen LogP contribution in [-0.4, -0.2) is 39.6 Å². The highest BCUT2D eigenvalue weighted by molar-refractivity contribution is 8.01. The quantitative estimate of drug-likeness (QED) is 0.334. The predicted octanol–water partition coefficient (Wildman–Crippen LogP) is 5.35. The van der Waals surface area contributed by atoms with Crippen molar-refractivity contribution >= 4 is 35.6 Å². The second-order valence-corrected chi connectivity index (χ2v) is 10.6. The summed E-state index contributed by atoms with van der Waals surface area (Å²) < 4.78 is 18.9. The molecule has 3 rings (SSSR count). The smallest absolute Gasteiger partial charge is 0.322 e. The van der Waals surface area contributed by atoms with Crippen LogP contribution in [0.2, 0.25) is 0 Å². The lowest BCUT2D eigenvalue weighted by Gasteiger charge is -2.28. The van der Waals surface area contributed by atoms with Crippen LogP contribution in [0.4, 0.5) is 4.39 Å². The molecule has 0 aromatic heterocycles. The second kappa shape index (κ2) is 8.90. The van der Waals surface area contributed by atoms with E-state index in [0.717, 1.165) is 11.8 Å². The lowest BCUT2D eigenvalue weighted by atomic mass is 10.1. The molecule has 168 valence electrons. The van der Waals surface area contributed by atoms with Crippen LogP contribution in [0.15, 0.2) is 53.4 Å². The van der Waals surface area contributed by atoms with Crippen molar-refractivity contribution in [3.8, 4) is 0 Å². The summed E-state index contributed by atoms with van der Waals surface area (Å²) in [6.45, 7) is 8.84. The molecule has 5 nitrogen and oxygen atoms in total. The summed E-state index contributed by atoms with van der Waals surface area (Å²) in [7, 11) is 0. The third kappa shape index (κ3) is 5.27. The number of carbonyl (C=O) groups excluding carboxylic acids is 3. The molecule has 7 heteroatoms. The van der Waals surface area contributed by atoms with Gasteiger partial charge >= 0.3 is 5.97 Å². The van der Waals surface area contributed by atoms with Crippen LogP contribution in [0.1, 0.15) is 60.9 Å². The van der Waals surface area contributed by atoms with Crippen molar-refractivity contribution in [1.29, 1.82) is 0 Å². The van der Waals surface area contributed by atoms with E-state index in [1.165, 1.54) is 11.0 Å². The van der Waals surface area contributed by atoms with E-state index in [-0.39, 0.29) is 18.4 Å². The molecule has 0 unspecified atom stereocenters. The Hall–Kier alpha value is -2.93. The van der Waals surface area contributed by atoms with Crippen LogP contribution in [0.5, 0.6) is 0 Å². The number of fused-ring (bicyclic) bond motifs is 1. The van der Waals surface area contributed by atoms with Crippen LogP contribution >= 0.6 is 11.8 Å². The van der Waals surface area contributed by atoms with Gasteiger partial charge in [0.15, 0.2) is 0 Å². The topological polar surface area (TPSA) is 63.7 Å². The molecule has 0 aliphatic carbocycles. The Morgan fingerprint density at radius 3 is 2.19 bits per heavy atom. The van der Waals surface area contributed by atoms with Crippen LogP contribution in [0.25, 0.3) is 6.08 Å². The van der Waals surface area contributed by atoms with E-state index in [2.05, 4.69) is 0 Å². The van der Waals surface area contributed by atoms with Crippen molar-refractivity contribution in [3.63, 3.8) is 0 Å². The Kier molecular flexibility index (Phi) is 6.60. The molecule has 0 spiro atoms. The van der Waals surface area contributed by atoms with Crippen molar-refractivity contribution in [1.82, 2.24) is 4.90 Å². The molecule has 1 aliphatic heterocycles. The molecule has 1 aliphatic rings. The third-order valence-electron chi connectivity index (χ3n) is 4.69. The van der Waals surface area contributed by atoms with Crippen molar-refractivity contribution in [2.45, 2.75) is 49.9 Å². The highest BCUT2D eigenvalue weighted by atomic mass is 32.2. The van der Waals surface area contributed by atoms with E-state index in [1.54, 1.807) is 83.2 Å². The lowest BCUT2D eigenvalue weighted by Crippen LogP contribution is -2.36. The van der Waals surface area contributed by atoms with Crippen LogP contribution in [0.3, 0.4) is 0 Å². The summed E-state index contributed by atoms with van der Waals surface area (Å²) in [5.74, 6) is -1.53. The molecule has 2 aromatic carbocycles. The number of amides is 2. The number of hydrogen-bond donors (Lipinski definition) is 0. The summed E-state index contributed by atoms with van der Waals surface area (Å²) >= 11 is 1.08. The first-order valence-electron chi connectivity index (χ1n) is 10.2. The van der Waals surface area contributed by atoms with Gasteiger partial charge in [0.2, 0.25) is 0 Å². The number of halogens is 1. The number of carbonyl (C=O) groups is 3. The fraction of sp³-hybridized carbons (Fsp3) is 0.320. The first-order valence-corrected chi connectivity index (χ1v) is 11.0.